The van der Waals surface area contributed by atoms with Gasteiger partial charge in [0.1, 0.15) is 0 Å². The lowest BCUT2D eigenvalue weighted by Gasteiger charge is -2.05. The fourth-order valence-electron chi connectivity index (χ4n) is 1.37. The van der Waals surface area contributed by atoms with Gasteiger partial charge in [-0.15, -0.1) is 0 Å². The van der Waals surface area contributed by atoms with Gasteiger partial charge in [-0.3, -0.25) is 9.13 Å². The summed E-state index contributed by atoms with van der Waals surface area (Å²) in [7, 11) is -3.01. The number of sulfone groups is 1. The SMILES string of the molecule is CCS(=O)(=O)CCn1ccn(C(C)C)c1=O. The van der Waals surface area contributed by atoms with Crippen molar-refractivity contribution < 1.29 is 8.42 Å². The predicted molar refractivity (Wildman–Crippen MR) is 63.4 cm³/mol. The van der Waals surface area contributed by atoms with E-state index in [9.17, 15) is 13.2 Å². The zero-order valence-corrected chi connectivity index (χ0v) is 10.7. The smallest absolute Gasteiger partial charge is 0.298 e. The molecule has 0 fully saturated rings. The summed E-state index contributed by atoms with van der Waals surface area (Å²) in [5.41, 5.74) is -0.152. The predicted octanol–water partition coefficient (Wildman–Crippen LogP) is 0.665. The zero-order valence-electron chi connectivity index (χ0n) is 9.88. The number of aromatic nitrogens is 2. The second kappa shape index (κ2) is 4.86. The van der Waals surface area contributed by atoms with Gasteiger partial charge >= 0.3 is 5.69 Å². The third-order valence-corrected chi connectivity index (χ3v) is 4.20. The summed E-state index contributed by atoms with van der Waals surface area (Å²) in [6.07, 6.45) is 3.32. The van der Waals surface area contributed by atoms with Crippen LogP contribution in [-0.4, -0.2) is 29.1 Å². The van der Waals surface area contributed by atoms with Gasteiger partial charge in [-0.25, -0.2) is 13.2 Å². The van der Waals surface area contributed by atoms with Crippen LogP contribution in [0.3, 0.4) is 0 Å². The molecule has 0 N–H and O–H groups in total. The maximum atomic E-state index is 11.7. The van der Waals surface area contributed by atoms with E-state index in [2.05, 4.69) is 0 Å². The molecule has 92 valence electrons. The first-order chi connectivity index (χ1) is 7.37. The summed E-state index contributed by atoms with van der Waals surface area (Å²) < 4.78 is 25.6. The minimum Gasteiger partial charge on any atom is -0.298 e. The Kier molecular flexibility index (Phi) is 3.96. The Bertz CT molecular complexity index is 496. The summed E-state index contributed by atoms with van der Waals surface area (Å²) in [6, 6.07) is 0.0940. The Hall–Kier alpha value is -1.04. The van der Waals surface area contributed by atoms with Crippen molar-refractivity contribution in [3.63, 3.8) is 0 Å². The van der Waals surface area contributed by atoms with E-state index in [0.717, 1.165) is 0 Å². The summed E-state index contributed by atoms with van der Waals surface area (Å²) >= 11 is 0. The minimum absolute atomic E-state index is 0.0194. The van der Waals surface area contributed by atoms with Crippen LogP contribution in [-0.2, 0) is 16.4 Å². The van der Waals surface area contributed by atoms with E-state index >= 15 is 0 Å². The molecule has 0 unspecified atom stereocenters. The molecular formula is C10H18N2O3S. The number of imidazole rings is 1. The fourth-order valence-corrected chi connectivity index (χ4v) is 2.14. The monoisotopic (exact) mass is 246 g/mol. The highest BCUT2D eigenvalue weighted by atomic mass is 32.2. The summed E-state index contributed by atoms with van der Waals surface area (Å²) in [4.78, 5) is 11.7. The topological polar surface area (TPSA) is 61.1 Å². The van der Waals surface area contributed by atoms with Crippen molar-refractivity contribution in [3.05, 3.63) is 22.9 Å². The van der Waals surface area contributed by atoms with E-state index in [1.165, 1.54) is 4.57 Å². The van der Waals surface area contributed by atoms with E-state index in [4.69, 9.17) is 0 Å². The Labute approximate surface area is 95.6 Å². The van der Waals surface area contributed by atoms with Gasteiger partial charge in [0.15, 0.2) is 9.84 Å². The second-order valence-electron chi connectivity index (χ2n) is 4.01. The standard InChI is InChI=1S/C10H18N2O3S/c1-4-16(14,15)8-7-11-5-6-12(9(2)3)10(11)13/h5-6,9H,4,7-8H2,1-3H3. The molecule has 1 aromatic rings. The van der Waals surface area contributed by atoms with Gasteiger partial charge in [0.05, 0.1) is 5.75 Å². The normalized spacial score (nSPS) is 12.2. The average molecular weight is 246 g/mol. The van der Waals surface area contributed by atoms with Crippen LogP contribution >= 0.6 is 0 Å². The zero-order chi connectivity index (χ0) is 12.3. The van der Waals surface area contributed by atoms with Gasteiger partial charge in [-0.05, 0) is 13.8 Å². The Morgan fingerprint density at radius 2 is 1.94 bits per heavy atom. The van der Waals surface area contributed by atoms with E-state index in [-0.39, 0.29) is 29.8 Å². The van der Waals surface area contributed by atoms with Crippen LogP contribution in [0.4, 0.5) is 0 Å². The Morgan fingerprint density at radius 3 is 2.38 bits per heavy atom. The van der Waals surface area contributed by atoms with Crippen LogP contribution in [0.2, 0.25) is 0 Å². The van der Waals surface area contributed by atoms with Crippen molar-refractivity contribution in [2.24, 2.45) is 0 Å². The van der Waals surface area contributed by atoms with Gasteiger partial charge in [-0.2, -0.15) is 0 Å². The lowest BCUT2D eigenvalue weighted by atomic mass is 10.4. The number of aryl methyl sites for hydroxylation is 1. The molecule has 0 aromatic carbocycles. The molecule has 0 spiro atoms. The largest absolute Gasteiger partial charge is 0.328 e. The number of hydrogen-bond acceptors (Lipinski definition) is 3. The molecule has 1 aromatic heterocycles. The van der Waals surface area contributed by atoms with Crippen LogP contribution in [0.15, 0.2) is 17.2 Å². The average Bonchev–Trinajstić information content (AvgIpc) is 2.57. The van der Waals surface area contributed by atoms with E-state index in [1.54, 1.807) is 23.9 Å². The first-order valence-corrected chi connectivity index (χ1v) is 7.17. The van der Waals surface area contributed by atoms with Gasteiger partial charge in [0.2, 0.25) is 0 Å². The summed E-state index contributed by atoms with van der Waals surface area (Å²) in [5, 5.41) is 0. The van der Waals surface area contributed by atoms with Gasteiger partial charge in [0.25, 0.3) is 0 Å². The van der Waals surface area contributed by atoms with Crippen molar-refractivity contribution in [3.8, 4) is 0 Å². The van der Waals surface area contributed by atoms with Crippen molar-refractivity contribution in [2.75, 3.05) is 11.5 Å². The lowest BCUT2D eigenvalue weighted by Crippen LogP contribution is -2.27. The minimum atomic E-state index is -3.01. The fraction of sp³-hybridized carbons (Fsp3) is 0.700. The van der Waals surface area contributed by atoms with Crippen molar-refractivity contribution in [1.29, 1.82) is 0 Å². The van der Waals surface area contributed by atoms with Crippen LogP contribution in [0.25, 0.3) is 0 Å². The number of hydrogen-bond donors (Lipinski definition) is 0. The molecule has 0 amide bonds. The maximum Gasteiger partial charge on any atom is 0.328 e. The highest BCUT2D eigenvalue weighted by Crippen LogP contribution is 1.99. The summed E-state index contributed by atoms with van der Waals surface area (Å²) in [5.74, 6) is 0.137. The summed E-state index contributed by atoms with van der Waals surface area (Å²) in [6.45, 7) is 5.66. The van der Waals surface area contributed by atoms with Crippen molar-refractivity contribution >= 4 is 9.84 Å². The van der Waals surface area contributed by atoms with Crippen LogP contribution in [0, 0.1) is 0 Å². The molecule has 0 aliphatic rings. The maximum absolute atomic E-state index is 11.7. The molecule has 0 atom stereocenters. The molecule has 5 nitrogen and oxygen atoms in total. The Morgan fingerprint density at radius 1 is 1.31 bits per heavy atom. The van der Waals surface area contributed by atoms with Gasteiger partial charge in [0, 0.05) is 30.7 Å². The third-order valence-electron chi connectivity index (χ3n) is 2.51. The highest BCUT2D eigenvalue weighted by molar-refractivity contribution is 7.91. The van der Waals surface area contributed by atoms with Crippen LogP contribution in [0.1, 0.15) is 26.8 Å². The lowest BCUT2D eigenvalue weighted by molar-refractivity contribution is 0.553. The molecule has 0 aliphatic carbocycles. The third kappa shape index (κ3) is 2.98. The van der Waals surface area contributed by atoms with E-state index in [0.29, 0.717) is 0 Å². The molecule has 1 rings (SSSR count). The number of nitrogens with zero attached hydrogens (tertiary/aromatic N) is 2. The molecule has 0 saturated carbocycles. The first kappa shape index (κ1) is 13.0. The molecule has 1 heterocycles. The van der Waals surface area contributed by atoms with Gasteiger partial charge in [-0.1, -0.05) is 6.92 Å². The van der Waals surface area contributed by atoms with Crippen LogP contribution in [0.5, 0.6) is 0 Å². The van der Waals surface area contributed by atoms with Crippen molar-refractivity contribution in [2.45, 2.75) is 33.4 Å². The van der Waals surface area contributed by atoms with Crippen LogP contribution < -0.4 is 5.69 Å². The van der Waals surface area contributed by atoms with E-state index in [1.807, 2.05) is 13.8 Å². The molecular weight excluding hydrogens is 228 g/mol. The molecule has 0 radical (unpaired) electrons. The van der Waals surface area contributed by atoms with Crippen molar-refractivity contribution in [1.82, 2.24) is 9.13 Å². The molecule has 0 saturated heterocycles. The molecule has 0 bridgehead atoms. The molecule has 16 heavy (non-hydrogen) atoms. The molecule has 6 heteroatoms. The second-order valence-corrected chi connectivity index (χ2v) is 6.48. The highest BCUT2D eigenvalue weighted by Gasteiger charge is 2.10. The Balaban J connectivity index is 2.81. The van der Waals surface area contributed by atoms with E-state index < -0.39 is 9.84 Å². The first-order valence-electron chi connectivity index (χ1n) is 5.35. The quantitative estimate of drug-likeness (QED) is 0.767. The molecule has 0 aliphatic heterocycles. The number of rotatable bonds is 5. The van der Waals surface area contributed by atoms with Gasteiger partial charge < -0.3 is 0 Å².